The molecule has 0 bridgehead atoms. The van der Waals surface area contributed by atoms with Crippen molar-refractivity contribution in [1.82, 2.24) is 14.9 Å². The van der Waals surface area contributed by atoms with E-state index in [-0.39, 0.29) is 16.9 Å². The molecule has 0 saturated heterocycles. The minimum atomic E-state index is -0.474. The number of nitrogens with zero attached hydrogens (tertiary/aromatic N) is 4. The van der Waals surface area contributed by atoms with E-state index in [1.54, 1.807) is 12.1 Å². The Labute approximate surface area is 208 Å². The highest BCUT2D eigenvalue weighted by Gasteiger charge is 2.18. The summed E-state index contributed by atoms with van der Waals surface area (Å²) in [5.74, 6) is 1.22. The molecule has 0 saturated carbocycles. The van der Waals surface area contributed by atoms with Gasteiger partial charge in [0, 0.05) is 17.2 Å². The molecule has 8 nitrogen and oxygen atoms in total. The summed E-state index contributed by atoms with van der Waals surface area (Å²) in [5.41, 5.74) is 3.43. The lowest BCUT2D eigenvalue weighted by atomic mass is 9.87. The van der Waals surface area contributed by atoms with E-state index in [0.717, 1.165) is 16.7 Å². The van der Waals surface area contributed by atoms with Crippen LogP contribution in [0.15, 0.2) is 71.8 Å². The lowest BCUT2D eigenvalue weighted by molar-refractivity contribution is -0.385. The van der Waals surface area contributed by atoms with E-state index in [9.17, 15) is 10.1 Å². The number of nitro benzene ring substituents is 1. The van der Waals surface area contributed by atoms with Gasteiger partial charge in [0.2, 0.25) is 10.5 Å². The third-order valence-corrected chi connectivity index (χ3v) is 5.64. The largest absolute Gasteiger partial charge is 0.450 e. The van der Waals surface area contributed by atoms with Crippen LogP contribution in [0.25, 0.3) is 11.4 Å². The lowest BCUT2D eigenvalue weighted by Crippen LogP contribution is -2.10. The van der Waals surface area contributed by atoms with Gasteiger partial charge >= 0.3 is 5.69 Å². The van der Waals surface area contributed by atoms with Gasteiger partial charge in [0.05, 0.1) is 11.1 Å². The van der Waals surface area contributed by atoms with Crippen LogP contribution in [-0.2, 0) is 5.41 Å². The molecule has 0 aliphatic rings. The molecule has 0 aliphatic heterocycles. The zero-order valence-corrected chi connectivity index (χ0v) is 20.7. The summed E-state index contributed by atoms with van der Waals surface area (Å²) in [5, 5.41) is 23.2. The monoisotopic (exact) mass is 487 g/mol. The molecule has 0 aliphatic carbocycles. The van der Waals surface area contributed by atoms with Gasteiger partial charge in [-0.1, -0.05) is 56.7 Å². The summed E-state index contributed by atoms with van der Waals surface area (Å²) < 4.78 is 7.62. The number of hydrogen-bond acceptors (Lipinski definition) is 6. The fourth-order valence-electron chi connectivity index (χ4n) is 3.49. The van der Waals surface area contributed by atoms with Crippen molar-refractivity contribution in [3.05, 3.63) is 98.3 Å². The molecule has 3 aromatic carbocycles. The zero-order valence-electron chi connectivity index (χ0n) is 19.9. The number of aromatic amines is 1. The topological polar surface area (TPSA) is 98.3 Å². The Morgan fingerprint density at radius 2 is 1.86 bits per heavy atom. The molecule has 1 N–H and O–H groups in total. The van der Waals surface area contributed by atoms with Gasteiger partial charge in [0.25, 0.3) is 0 Å². The summed E-state index contributed by atoms with van der Waals surface area (Å²) in [4.78, 5) is 11.3. The fraction of sp³-hybridized carbons (Fsp3) is 0.192. The Hall–Kier alpha value is -4.11. The first-order chi connectivity index (χ1) is 16.6. The molecule has 0 fully saturated rings. The number of H-pyrrole nitrogens is 1. The van der Waals surface area contributed by atoms with Gasteiger partial charge in [-0.15, -0.1) is 0 Å². The predicted octanol–water partition coefficient (Wildman–Crippen LogP) is 6.80. The summed E-state index contributed by atoms with van der Waals surface area (Å²) in [7, 11) is 0. The molecule has 1 aromatic heterocycles. The van der Waals surface area contributed by atoms with E-state index in [0.29, 0.717) is 21.9 Å². The van der Waals surface area contributed by atoms with Crippen LogP contribution in [0.1, 0.15) is 37.5 Å². The van der Waals surface area contributed by atoms with Crippen LogP contribution in [0, 0.1) is 21.8 Å². The first-order valence-electron chi connectivity index (χ1n) is 11.0. The number of aromatic nitrogens is 3. The van der Waals surface area contributed by atoms with E-state index < -0.39 is 4.92 Å². The van der Waals surface area contributed by atoms with Crippen LogP contribution in [0.5, 0.6) is 11.5 Å². The van der Waals surface area contributed by atoms with Crippen molar-refractivity contribution in [2.75, 3.05) is 0 Å². The molecule has 0 atom stereocenters. The average molecular weight is 488 g/mol. The number of ether oxygens (including phenoxy) is 1. The maximum atomic E-state index is 11.8. The zero-order chi connectivity index (χ0) is 25.2. The molecule has 9 heteroatoms. The number of hydrogen-bond donors (Lipinski definition) is 1. The molecule has 0 spiro atoms. The molecule has 178 valence electrons. The normalized spacial score (nSPS) is 11.7. The second-order valence-electron chi connectivity index (χ2n) is 9.14. The SMILES string of the molecule is Cc1cccc(-c2n[nH]c(=S)n2N=Cc2ccc(Oc3ccc(C(C)(C)C)cc3)c([N+](=O)[O-])c2)c1. The molecular formula is C26H25N5O3S. The predicted molar refractivity (Wildman–Crippen MR) is 139 cm³/mol. The first kappa shape index (κ1) is 24.0. The molecule has 4 rings (SSSR count). The van der Waals surface area contributed by atoms with E-state index in [4.69, 9.17) is 17.0 Å². The van der Waals surface area contributed by atoms with Crippen LogP contribution < -0.4 is 4.74 Å². The Morgan fingerprint density at radius 1 is 1.11 bits per heavy atom. The first-order valence-corrected chi connectivity index (χ1v) is 11.4. The van der Waals surface area contributed by atoms with Crippen molar-refractivity contribution in [3.63, 3.8) is 0 Å². The summed E-state index contributed by atoms with van der Waals surface area (Å²) in [6, 6.07) is 20.0. The number of nitrogens with one attached hydrogen (secondary N) is 1. The summed E-state index contributed by atoms with van der Waals surface area (Å²) in [6.07, 6.45) is 1.50. The van der Waals surface area contributed by atoms with Gasteiger partial charge in [0.15, 0.2) is 5.82 Å². The summed E-state index contributed by atoms with van der Waals surface area (Å²) >= 11 is 5.32. The molecule has 0 radical (unpaired) electrons. The van der Waals surface area contributed by atoms with Crippen molar-refractivity contribution in [2.45, 2.75) is 33.1 Å². The second kappa shape index (κ2) is 9.63. The number of rotatable bonds is 6. The van der Waals surface area contributed by atoms with Crippen molar-refractivity contribution < 1.29 is 9.66 Å². The van der Waals surface area contributed by atoms with Crippen molar-refractivity contribution in [1.29, 1.82) is 0 Å². The maximum absolute atomic E-state index is 11.8. The molecule has 1 heterocycles. The summed E-state index contributed by atoms with van der Waals surface area (Å²) in [6.45, 7) is 8.35. The third kappa shape index (κ3) is 5.52. The van der Waals surface area contributed by atoms with Crippen LogP contribution in [0.3, 0.4) is 0 Å². The Bertz CT molecular complexity index is 1460. The molecule has 0 unspecified atom stereocenters. The number of aryl methyl sites for hydroxylation is 1. The van der Waals surface area contributed by atoms with Crippen molar-refractivity contribution in [2.24, 2.45) is 5.10 Å². The highest BCUT2D eigenvalue weighted by Crippen LogP contribution is 2.33. The van der Waals surface area contributed by atoms with Crippen molar-refractivity contribution >= 4 is 24.1 Å². The van der Waals surface area contributed by atoms with E-state index in [1.165, 1.54) is 17.0 Å². The number of benzene rings is 3. The van der Waals surface area contributed by atoms with Gasteiger partial charge in [-0.3, -0.25) is 10.1 Å². The minimum absolute atomic E-state index is 0.00258. The van der Waals surface area contributed by atoms with Gasteiger partial charge in [-0.05, 0) is 60.5 Å². The van der Waals surface area contributed by atoms with Gasteiger partial charge in [-0.2, -0.15) is 14.9 Å². The van der Waals surface area contributed by atoms with Crippen LogP contribution >= 0.6 is 12.2 Å². The third-order valence-electron chi connectivity index (χ3n) is 5.38. The molecule has 4 aromatic rings. The minimum Gasteiger partial charge on any atom is -0.450 e. The quantitative estimate of drug-likeness (QED) is 0.140. The van der Waals surface area contributed by atoms with Crippen molar-refractivity contribution in [3.8, 4) is 22.9 Å². The molecular weight excluding hydrogens is 462 g/mol. The smallest absolute Gasteiger partial charge is 0.312 e. The Kier molecular flexibility index (Phi) is 6.61. The van der Waals surface area contributed by atoms with Gasteiger partial charge < -0.3 is 4.74 Å². The molecule has 35 heavy (non-hydrogen) atoms. The molecule has 0 amide bonds. The van der Waals surface area contributed by atoms with E-state index in [2.05, 4.69) is 36.1 Å². The van der Waals surface area contributed by atoms with Gasteiger partial charge in [-0.25, -0.2) is 5.10 Å². The second-order valence-corrected chi connectivity index (χ2v) is 9.53. The average Bonchev–Trinajstić information content (AvgIpc) is 3.18. The Balaban J connectivity index is 1.61. The van der Waals surface area contributed by atoms with Crippen LogP contribution in [0.2, 0.25) is 0 Å². The van der Waals surface area contributed by atoms with E-state index >= 15 is 0 Å². The van der Waals surface area contributed by atoms with Gasteiger partial charge in [0.1, 0.15) is 5.75 Å². The maximum Gasteiger partial charge on any atom is 0.312 e. The van der Waals surface area contributed by atoms with Crippen LogP contribution in [-0.4, -0.2) is 26.0 Å². The lowest BCUT2D eigenvalue weighted by Gasteiger charge is -2.19. The Morgan fingerprint density at radius 3 is 2.51 bits per heavy atom. The number of nitro groups is 1. The highest BCUT2D eigenvalue weighted by atomic mass is 32.1. The highest BCUT2D eigenvalue weighted by molar-refractivity contribution is 7.71. The standard InChI is InChI=1S/C26H25N5O3S/c1-17-6-5-7-19(14-17)24-28-29-25(35)30(24)27-16-18-8-13-23(22(15-18)31(32)33)34-21-11-9-20(10-12-21)26(2,3)4/h5-16H,1-4H3,(H,29,35). The fourth-order valence-corrected chi connectivity index (χ4v) is 3.67. The van der Waals surface area contributed by atoms with Crippen LogP contribution in [0.4, 0.5) is 5.69 Å². The van der Waals surface area contributed by atoms with E-state index in [1.807, 2.05) is 55.5 Å².